The predicted molar refractivity (Wildman–Crippen MR) is 177 cm³/mol. The lowest BCUT2D eigenvalue weighted by Gasteiger charge is -2.38. The topological polar surface area (TPSA) is 134 Å². The molecule has 0 bridgehead atoms. The average molecular weight is 638 g/mol. The Bertz CT molecular complexity index is 1320. The van der Waals surface area contributed by atoms with E-state index >= 15 is 0 Å². The normalized spacial score (nSPS) is 28.2. The predicted octanol–water partition coefficient (Wildman–Crippen LogP) is 3.46. The monoisotopic (exact) mass is 637 g/mol. The summed E-state index contributed by atoms with van der Waals surface area (Å²) in [5.74, 6) is 0.677. The lowest BCUT2D eigenvalue weighted by molar-refractivity contribution is -0.148. The zero-order valence-electron chi connectivity index (χ0n) is 28.9. The number of benzene rings is 1. The Hall–Kier alpha value is -3.14. The summed E-state index contributed by atoms with van der Waals surface area (Å²) >= 11 is 0. The van der Waals surface area contributed by atoms with Crippen LogP contribution in [0.4, 0.5) is 0 Å². The third-order valence-corrected chi connectivity index (χ3v) is 11.2. The van der Waals surface area contributed by atoms with Gasteiger partial charge in [0.25, 0.3) is 0 Å². The summed E-state index contributed by atoms with van der Waals surface area (Å²) in [5.41, 5.74) is 7.31. The summed E-state index contributed by atoms with van der Waals surface area (Å²) in [6.07, 6.45) is 5.22. The number of nitrogens with two attached hydrogens (primary N) is 1. The van der Waals surface area contributed by atoms with Gasteiger partial charge in [0, 0.05) is 13.1 Å². The lowest BCUT2D eigenvalue weighted by Crippen LogP contribution is -2.62. The van der Waals surface area contributed by atoms with Crippen molar-refractivity contribution in [1.29, 1.82) is 0 Å². The van der Waals surface area contributed by atoms with E-state index in [4.69, 9.17) is 10.5 Å². The maximum atomic E-state index is 14.2. The molecule has 2 saturated heterocycles. The Morgan fingerprint density at radius 3 is 2.37 bits per heavy atom. The number of piperidine rings is 1. The van der Waals surface area contributed by atoms with Gasteiger partial charge in [-0.2, -0.15) is 0 Å². The van der Waals surface area contributed by atoms with E-state index in [2.05, 4.69) is 24.5 Å². The van der Waals surface area contributed by atoms with Gasteiger partial charge in [-0.1, -0.05) is 58.2 Å². The molecule has 10 heteroatoms. The standard InChI is InChI=1S/C36H55N5O5/c1-8-11-27(39-31(42)29-28-25(35(28,5)6)19-40(29)32(43)26(37)18-24-14-15-24)33(44)41-17-10-16-36(41,7)34(45)38-23(4)20-46-30-21(2)12-9-13-22(30)3/h9,12-13,23-29H,8,10-11,14-20,37H2,1-7H3,(H,38,45)(H,39,42)/t23?,25?,26?,27?,28-,29-,36-/m0/s1. The van der Waals surface area contributed by atoms with Crippen molar-refractivity contribution in [2.75, 3.05) is 19.7 Å². The number of nitrogens with zero attached hydrogens (tertiary/aromatic N) is 2. The van der Waals surface area contributed by atoms with Gasteiger partial charge in [0.1, 0.15) is 30.0 Å². The minimum atomic E-state index is -1.05. The number of carbonyl (C=O) groups is 4. The van der Waals surface area contributed by atoms with Gasteiger partial charge in [-0.25, -0.2) is 0 Å². The molecule has 0 radical (unpaired) electrons. The van der Waals surface area contributed by atoms with Crippen molar-refractivity contribution in [2.45, 2.75) is 123 Å². The van der Waals surface area contributed by atoms with E-state index in [-0.39, 0.29) is 46.9 Å². The number of amides is 4. The van der Waals surface area contributed by atoms with Crippen molar-refractivity contribution in [2.24, 2.45) is 28.9 Å². The molecule has 0 spiro atoms. The second-order valence-corrected chi connectivity index (χ2v) is 15.3. The molecule has 1 aromatic carbocycles. The molecule has 4 aliphatic rings. The van der Waals surface area contributed by atoms with E-state index in [1.165, 1.54) is 0 Å². The van der Waals surface area contributed by atoms with Crippen LogP contribution in [0.3, 0.4) is 0 Å². The summed E-state index contributed by atoms with van der Waals surface area (Å²) in [4.78, 5) is 58.7. The summed E-state index contributed by atoms with van der Waals surface area (Å²) in [6, 6.07) is 3.67. The fourth-order valence-electron chi connectivity index (χ4n) is 8.04. The van der Waals surface area contributed by atoms with Crippen LogP contribution in [0.25, 0.3) is 0 Å². The first-order valence-corrected chi connectivity index (χ1v) is 17.4. The Morgan fingerprint density at radius 1 is 1.07 bits per heavy atom. The molecule has 1 aromatic rings. The van der Waals surface area contributed by atoms with Crippen LogP contribution >= 0.6 is 0 Å². The van der Waals surface area contributed by atoms with Crippen molar-refractivity contribution in [3.63, 3.8) is 0 Å². The first kappa shape index (κ1) is 34.2. The first-order valence-electron chi connectivity index (χ1n) is 17.4. The largest absolute Gasteiger partial charge is 0.491 e. The highest BCUT2D eigenvalue weighted by molar-refractivity contribution is 5.97. The third kappa shape index (κ3) is 6.64. The molecule has 254 valence electrons. The fourth-order valence-corrected chi connectivity index (χ4v) is 8.04. The summed E-state index contributed by atoms with van der Waals surface area (Å²) < 4.78 is 6.07. The molecule has 2 aliphatic carbocycles. The Kier molecular flexibility index (Phi) is 9.79. The van der Waals surface area contributed by atoms with Gasteiger partial charge in [0.05, 0.1) is 12.1 Å². The Balaban J connectivity index is 1.25. The second-order valence-electron chi connectivity index (χ2n) is 15.3. The number of nitrogens with one attached hydrogen (secondary N) is 2. The van der Waals surface area contributed by atoms with Crippen LogP contribution in [0.2, 0.25) is 0 Å². The summed E-state index contributed by atoms with van der Waals surface area (Å²) in [5, 5.41) is 6.14. The Labute approximate surface area is 274 Å². The van der Waals surface area contributed by atoms with E-state index in [0.717, 1.165) is 29.7 Å². The van der Waals surface area contributed by atoms with Gasteiger partial charge in [-0.15, -0.1) is 0 Å². The van der Waals surface area contributed by atoms with Gasteiger partial charge in [0.2, 0.25) is 23.6 Å². The number of para-hydroxylation sites is 1. The average Bonchev–Trinajstić information content (AvgIpc) is 3.76. The fraction of sp³-hybridized carbons (Fsp3) is 0.722. The molecule has 4 fully saturated rings. The number of rotatable bonds is 13. The quantitative estimate of drug-likeness (QED) is 0.303. The molecule has 4 N–H and O–H groups in total. The van der Waals surface area contributed by atoms with Crippen LogP contribution in [-0.4, -0.2) is 82.8 Å². The van der Waals surface area contributed by atoms with Gasteiger partial charge >= 0.3 is 0 Å². The highest BCUT2D eigenvalue weighted by Crippen LogP contribution is 2.65. The minimum Gasteiger partial charge on any atom is -0.491 e. The number of fused-ring (bicyclic) bond motifs is 1. The molecule has 5 rings (SSSR count). The summed E-state index contributed by atoms with van der Waals surface area (Å²) in [7, 11) is 0. The molecule has 4 unspecified atom stereocenters. The SMILES string of the molecule is CCCC(NC(=O)[C@@H]1[C@@H]2C(CN1C(=O)C(N)CC1CC1)C2(C)C)C(=O)N1CCC[C@@]1(C)C(=O)NC(C)COc1c(C)cccc1C. The molecule has 46 heavy (non-hydrogen) atoms. The molecule has 2 aliphatic heterocycles. The minimum absolute atomic E-state index is 0.0388. The van der Waals surface area contributed by atoms with Gasteiger partial charge in [-0.05, 0) is 87.7 Å². The highest BCUT2D eigenvalue weighted by Gasteiger charge is 2.69. The van der Waals surface area contributed by atoms with Crippen molar-refractivity contribution >= 4 is 23.6 Å². The number of ether oxygens (including phenoxy) is 1. The number of aryl methyl sites for hydroxylation is 2. The van der Waals surface area contributed by atoms with E-state index < -0.39 is 23.7 Å². The molecule has 0 aromatic heterocycles. The number of likely N-dealkylation sites (tertiary alicyclic amines) is 2. The van der Waals surface area contributed by atoms with Crippen molar-refractivity contribution in [3.8, 4) is 5.75 Å². The van der Waals surface area contributed by atoms with Crippen molar-refractivity contribution in [3.05, 3.63) is 29.3 Å². The van der Waals surface area contributed by atoms with Crippen LogP contribution in [-0.2, 0) is 19.2 Å². The third-order valence-electron chi connectivity index (χ3n) is 11.2. The molecule has 2 saturated carbocycles. The van der Waals surface area contributed by atoms with Gasteiger partial charge < -0.3 is 30.9 Å². The van der Waals surface area contributed by atoms with E-state index in [0.29, 0.717) is 57.7 Å². The van der Waals surface area contributed by atoms with E-state index in [9.17, 15) is 19.2 Å². The zero-order valence-corrected chi connectivity index (χ0v) is 28.9. The summed E-state index contributed by atoms with van der Waals surface area (Å²) in [6.45, 7) is 15.2. The molecule has 10 nitrogen and oxygen atoms in total. The van der Waals surface area contributed by atoms with Gasteiger partial charge in [-0.3, -0.25) is 19.2 Å². The number of carbonyl (C=O) groups excluding carboxylic acids is 4. The first-order chi connectivity index (χ1) is 21.7. The highest BCUT2D eigenvalue weighted by atomic mass is 16.5. The number of hydrogen-bond donors (Lipinski definition) is 3. The smallest absolute Gasteiger partial charge is 0.246 e. The van der Waals surface area contributed by atoms with Crippen LogP contribution in [0.15, 0.2) is 18.2 Å². The van der Waals surface area contributed by atoms with Crippen LogP contribution in [0.1, 0.15) is 90.7 Å². The molecular weight excluding hydrogens is 582 g/mol. The van der Waals surface area contributed by atoms with Gasteiger partial charge in [0.15, 0.2) is 0 Å². The lowest BCUT2D eigenvalue weighted by atomic mass is 9.95. The van der Waals surface area contributed by atoms with E-state index in [1.807, 2.05) is 52.8 Å². The van der Waals surface area contributed by atoms with Crippen LogP contribution in [0, 0.1) is 37.0 Å². The maximum Gasteiger partial charge on any atom is 0.246 e. The number of hydrogen-bond acceptors (Lipinski definition) is 6. The Morgan fingerprint density at radius 2 is 1.74 bits per heavy atom. The van der Waals surface area contributed by atoms with Crippen LogP contribution < -0.4 is 21.1 Å². The molecule has 2 heterocycles. The molecule has 4 amide bonds. The van der Waals surface area contributed by atoms with Crippen molar-refractivity contribution < 1.29 is 23.9 Å². The zero-order chi connectivity index (χ0) is 33.6. The second kappa shape index (κ2) is 13.2. The molecule has 7 atom stereocenters. The van der Waals surface area contributed by atoms with Crippen LogP contribution in [0.5, 0.6) is 5.75 Å². The molecular formula is C36H55N5O5. The van der Waals surface area contributed by atoms with E-state index in [1.54, 1.807) is 9.80 Å². The maximum absolute atomic E-state index is 14.2. The van der Waals surface area contributed by atoms with Crippen molar-refractivity contribution in [1.82, 2.24) is 20.4 Å².